The van der Waals surface area contributed by atoms with Crippen molar-refractivity contribution in [3.05, 3.63) is 60.4 Å². The van der Waals surface area contributed by atoms with E-state index in [1.807, 2.05) is 30.3 Å². The highest BCUT2D eigenvalue weighted by atomic mass is 32.2. The molecule has 1 heterocycles. The number of sulfonamides is 1. The van der Waals surface area contributed by atoms with E-state index in [1.54, 1.807) is 0 Å². The Morgan fingerprint density at radius 1 is 1.07 bits per heavy atom. The van der Waals surface area contributed by atoms with Gasteiger partial charge in [0.1, 0.15) is 23.1 Å². The summed E-state index contributed by atoms with van der Waals surface area (Å²) in [7, 11) is -3.89. The summed E-state index contributed by atoms with van der Waals surface area (Å²) in [5.74, 6) is -0.396. The van der Waals surface area contributed by atoms with Crippen molar-refractivity contribution in [2.24, 2.45) is 5.92 Å². The Labute approximate surface area is 164 Å². The van der Waals surface area contributed by atoms with Crippen LogP contribution in [0.3, 0.4) is 0 Å². The highest BCUT2D eigenvalue weighted by Crippen LogP contribution is 2.25. The fourth-order valence-electron chi connectivity index (χ4n) is 3.16. The van der Waals surface area contributed by atoms with E-state index in [-0.39, 0.29) is 29.8 Å². The number of carbonyl (C=O) groups is 1. The standard InChI is InChI=1S/C20H23FN2O4S/c21-18-8-4-5-9-19(18)28(25,26)23-13-10-16(11-14-23)20(24)22-12-15-27-17-6-2-1-3-7-17/h1-9,16H,10-15H2,(H,22,24). The van der Waals surface area contributed by atoms with Crippen molar-refractivity contribution in [1.82, 2.24) is 9.62 Å². The molecule has 28 heavy (non-hydrogen) atoms. The van der Waals surface area contributed by atoms with E-state index in [0.717, 1.165) is 11.8 Å². The number of hydrogen-bond donors (Lipinski definition) is 1. The molecule has 2 aromatic rings. The lowest BCUT2D eigenvalue weighted by atomic mass is 9.97. The van der Waals surface area contributed by atoms with Crippen LogP contribution in [-0.4, -0.2) is 44.9 Å². The van der Waals surface area contributed by atoms with E-state index in [0.29, 0.717) is 26.0 Å². The second-order valence-corrected chi connectivity index (χ2v) is 8.47. The lowest BCUT2D eigenvalue weighted by Crippen LogP contribution is -2.43. The predicted octanol–water partition coefficient (Wildman–Crippen LogP) is 2.42. The maximum absolute atomic E-state index is 13.9. The van der Waals surface area contributed by atoms with Gasteiger partial charge in [-0.05, 0) is 37.1 Å². The first-order valence-corrected chi connectivity index (χ1v) is 10.6. The van der Waals surface area contributed by atoms with Gasteiger partial charge in [-0.3, -0.25) is 4.79 Å². The van der Waals surface area contributed by atoms with Crippen LogP contribution in [0, 0.1) is 11.7 Å². The normalized spacial score (nSPS) is 15.9. The fourth-order valence-corrected chi connectivity index (χ4v) is 4.69. The van der Waals surface area contributed by atoms with Gasteiger partial charge in [-0.2, -0.15) is 4.31 Å². The van der Waals surface area contributed by atoms with E-state index < -0.39 is 15.8 Å². The second-order valence-electron chi connectivity index (χ2n) is 6.56. The first-order valence-electron chi connectivity index (χ1n) is 9.19. The molecule has 1 N–H and O–H groups in total. The van der Waals surface area contributed by atoms with E-state index in [9.17, 15) is 17.6 Å². The minimum Gasteiger partial charge on any atom is -0.492 e. The Balaban J connectivity index is 1.45. The molecule has 2 aromatic carbocycles. The number of halogens is 1. The molecule has 0 bridgehead atoms. The first-order chi connectivity index (χ1) is 13.5. The summed E-state index contributed by atoms with van der Waals surface area (Å²) in [5.41, 5.74) is 0. The molecule has 0 saturated carbocycles. The number of nitrogens with one attached hydrogen (secondary N) is 1. The highest BCUT2D eigenvalue weighted by Gasteiger charge is 2.33. The number of piperidine rings is 1. The van der Waals surface area contributed by atoms with E-state index >= 15 is 0 Å². The molecule has 0 aliphatic carbocycles. The van der Waals surface area contributed by atoms with Crippen molar-refractivity contribution in [3.8, 4) is 5.75 Å². The van der Waals surface area contributed by atoms with Crippen LogP contribution in [0.2, 0.25) is 0 Å². The summed E-state index contributed by atoms with van der Waals surface area (Å²) in [6.45, 7) is 1.11. The maximum atomic E-state index is 13.9. The minimum absolute atomic E-state index is 0.111. The van der Waals surface area contributed by atoms with Crippen LogP contribution in [0.25, 0.3) is 0 Å². The molecule has 0 atom stereocenters. The zero-order valence-corrected chi connectivity index (χ0v) is 16.2. The molecule has 0 spiro atoms. The van der Waals surface area contributed by atoms with Crippen molar-refractivity contribution in [3.63, 3.8) is 0 Å². The third-order valence-corrected chi connectivity index (χ3v) is 6.62. The average Bonchev–Trinajstić information content (AvgIpc) is 2.72. The van der Waals surface area contributed by atoms with Gasteiger partial charge in [0.15, 0.2) is 0 Å². The number of carbonyl (C=O) groups excluding carboxylic acids is 1. The maximum Gasteiger partial charge on any atom is 0.245 e. The lowest BCUT2D eigenvalue weighted by Gasteiger charge is -2.30. The van der Waals surface area contributed by atoms with Crippen LogP contribution in [-0.2, 0) is 14.8 Å². The van der Waals surface area contributed by atoms with Crippen LogP contribution in [0.4, 0.5) is 4.39 Å². The molecule has 1 aliphatic rings. The van der Waals surface area contributed by atoms with Gasteiger partial charge in [-0.25, -0.2) is 12.8 Å². The Morgan fingerprint density at radius 3 is 2.39 bits per heavy atom. The molecule has 0 radical (unpaired) electrons. The summed E-state index contributed by atoms with van der Waals surface area (Å²) in [5, 5.41) is 2.83. The molecule has 1 saturated heterocycles. The molecular formula is C20H23FN2O4S. The van der Waals surface area contributed by atoms with Gasteiger partial charge in [0.2, 0.25) is 15.9 Å². The van der Waals surface area contributed by atoms with Gasteiger partial charge in [0, 0.05) is 19.0 Å². The van der Waals surface area contributed by atoms with Gasteiger partial charge in [0.05, 0.1) is 6.54 Å². The summed E-state index contributed by atoms with van der Waals surface area (Å²) < 4.78 is 45.8. The summed E-state index contributed by atoms with van der Waals surface area (Å²) in [6, 6.07) is 14.7. The number of hydrogen-bond acceptors (Lipinski definition) is 4. The number of nitrogens with zero attached hydrogens (tertiary/aromatic N) is 1. The Hall–Kier alpha value is -2.45. The number of rotatable bonds is 7. The predicted molar refractivity (Wildman–Crippen MR) is 103 cm³/mol. The molecule has 3 rings (SSSR count). The Morgan fingerprint density at radius 2 is 1.71 bits per heavy atom. The van der Waals surface area contributed by atoms with Crippen molar-refractivity contribution < 1.29 is 22.3 Å². The third-order valence-electron chi connectivity index (χ3n) is 4.69. The molecule has 1 aliphatic heterocycles. The van der Waals surface area contributed by atoms with Crippen molar-refractivity contribution in [1.29, 1.82) is 0 Å². The zero-order valence-electron chi connectivity index (χ0n) is 15.4. The number of amides is 1. The third kappa shape index (κ3) is 4.88. The molecule has 1 fully saturated rings. The van der Waals surface area contributed by atoms with E-state index in [4.69, 9.17) is 4.74 Å². The number of benzene rings is 2. The van der Waals surface area contributed by atoms with Crippen LogP contribution in [0.1, 0.15) is 12.8 Å². The van der Waals surface area contributed by atoms with Gasteiger partial charge in [-0.15, -0.1) is 0 Å². The van der Waals surface area contributed by atoms with Crippen molar-refractivity contribution >= 4 is 15.9 Å². The Bertz CT molecular complexity index is 897. The quantitative estimate of drug-likeness (QED) is 0.717. The van der Waals surface area contributed by atoms with Crippen molar-refractivity contribution in [2.45, 2.75) is 17.7 Å². The summed E-state index contributed by atoms with van der Waals surface area (Å²) in [6.07, 6.45) is 0.804. The second kappa shape index (κ2) is 9.16. The monoisotopic (exact) mass is 406 g/mol. The average molecular weight is 406 g/mol. The topological polar surface area (TPSA) is 75.7 Å². The fraction of sp³-hybridized carbons (Fsp3) is 0.350. The zero-order chi connectivity index (χ0) is 20.0. The van der Waals surface area contributed by atoms with Crippen molar-refractivity contribution in [2.75, 3.05) is 26.2 Å². The lowest BCUT2D eigenvalue weighted by molar-refractivity contribution is -0.126. The van der Waals surface area contributed by atoms with Crippen LogP contribution >= 0.6 is 0 Å². The Kier molecular flexibility index (Phi) is 6.64. The van der Waals surface area contributed by atoms with Gasteiger partial charge in [0.25, 0.3) is 0 Å². The molecule has 6 nitrogen and oxygen atoms in total. The smallest absolute Gasteiger partial charge is 0.245 e. The molecular weight excluding hydrogens is 383 g/mol. The minimum atomic E-state index is -3.89. The summed E-state index contributed by atoms with van der Waals surface area (Å²) in [4.78, 5) is 12.0. The SMILES string of the molecule is O=C(NCCOc1ccccc1)C1CCN(S(=O)(=O)c2ccccc2F)CC1. The highest BCUT2D eigenvalue weighted by molar-refractivity contribution is 7.89. The first kappa shape index (κ1) is 20.3. The van der Waals surface area contributed by atoms with E-state index in [2.05, 4.69) is 5.32 Å². The van der Waals surface area contributed by atoms with Crippen LogP contribution in [0.15, 0.2) is 59.5 Å². The molecule has 1 amide bonds. The van der Waals surface area contributed by atoms with Gasteiger partial charge < -0.3 is 10.1 Å². The van der Waals surface area contributed by atoms with Gasteiger partial charge >= 0.3 is 0 Å². The molecule has 0 aromatic heterocycles. The molecule has 8 heteroatoms. The van der Waals surface area contributed by atoms with E-state index in [1.165, 1.54) is 22.5 Å². The van der Waals surface area contributed by atoms with Crippen LogP contribution in [0.5, 0.6) is 5.75 Å². The molecule has 0 unspecified atom stereocenters. The summed E-state index contributed by atoms with van der Waals surface area (Å²) >= 11 is 0. The van der Waals surface area contributed by atoms with Crippen LogP contribution < -0.4 is 10.1 Å². The molecule has 150 valence electrons. The number of para-hydroxylation sites is 1. The van der Waals surface area contributed by atoms with Gasteiger partial charge in [-0.1, -0.05) is 30.3 Å². The largest absolute Gasteiger partial charge is 0.492 e. The number of ether oxygens (including phenoxy) is 1.